The Morgan fingerprint density at radius 1 is 1.03 bits per heavy atom. The van der Waals surface area contributed by atoms with Crippen LogP contribution in [0.1, 0.15) is 13.8 Å². The normalized spacial score (nSPS) is 10.8. The summed E-state index contributed by atoms with van der Waals surface area (Å²) in [7, 11) is 3.25. The molecule has 0 saturated heterocycles. The monoisotopic (exact) mass is 529 g/mol. The van der Waals surface area contributed by atoms with Gasteiger partial charge in [0, 0.05) is 23.0 Å². The Morgan fingerprint density at radius 2 is 1.67 bits per heavy atom. The van der Waals surface area contributed by atoms with E-state index in [0.29, 0.717) is 33.7 Å². The summed E-state index contributed by atoms with van der Waals surface area (Å²) < 4.78 is 11.9. The van der Waals surface area contributed by atoms with E-state index >= 15 is 0 Å². The lowest BCUT2D eigenvalue weighted by Gasteiger charge is -2.24. The number of ether oxygens (including phenoxy) is 2. The Balaban J connectivity index is 0.00000385. The molecule has 0 bridgehead atoms. The van der Waals surface area contributed by atoms with Crippen LogP contribution < -0.4 is 14.4 Å². The van der Waals surface area contributed by atoms with Crippen LogP contribution in [0.4, 0.5) is 5.13 Å². The minimum absolute atomic E-state index is 0. The number of hydrogen-bond donors (Lipinski definition) is 0. The molecule has 2 aromatic carbocycles. The summed E-state index contributed by atoms with van der Waals surface area (Å²) in [6.07, 6.45) is 0. The Kier molecular flexibility index (Phi) is 11.1. The van der Waals surface area contributed by atoms with Gasteiger partial charge in [-0.2, -0.15) is 0 Å². The first-order chi connectivity index (χ1) is 15.5. The molecule has 0 unspecified atom stereocenters. The predicted octanol–water partition coefficient (Wildman–Crippen LogP) is 5.86. The molecule has 1 heterocycles. The first-order valence-corrected chi connectivity index (χ1v) is 12.6. The first-order valence-electron chi connectivity index (χ1n) is 10.4. The molecule has 0 spiro atoms. The van der Waals surface area contributed by atoms with Gasteiger partial charge in [0.2, 0.25) is 5.91 Å². The van der Waals surface area contributed by atoms with Crippen LogP contribution in [0.2, 0.25) is 5.02 Å². The molecule has 1 amide bonds. The summed E-state index contributed by atoms with van der Waals surface area (Å²) in [5.74, 6) is 1.70. The maximum atomic E-state index is 13.3. The van der Waals surface area contributed by atoms with Crippen LogP contribution in [0.25, 0.3) is 10.2 Å². The van der Waals surface area contributed by atoms with Crippen molar-refractivity contribution in [1.29, 1.82) is 0 Å². The lowest BCUT2D eigenvalue weighted by Crippen LogP contribution is -2.39. The molecular formula is C23H29Cl2N3O3S2. The molecule has 0 atom stereocenters. The van der Waals surface area contributed by atoms with Crippen LogP contribution in [0, 0.1) is 0 Å². The van der Waals surface area contributed by atoms with Gasteiger partial charge in [-0.15, -0.1) is 24.2 Å². The fraction of sp³-hybridized carbons (Fsp3) is 0.391. The molecule has 0 aliphatic rings. The largest absolute Gasteiger partial charge is 0.495 e. The molecule has 3 aromatic rings. The summed E-state index contributed by atoms with van der Waals surface area (Å²) in [6.45, 7) is 7.44. The highest BCUT2D eigenvalue weighted by molar-refractivity contribution is 8.00. The highest BCUT2D eigenvalue weighted by Crippen LogP contribution is 2.40. The van der Waals surface area contributed by atoms with Gasteiger partial charge in [0.05, 0.1) is 20.0 Å². The summed E-state index contributed by atoms with van der Waals surface area (Å²) in [5.41, 5.74) is 0.706. The molecule has 0 N–H and O–H groups in total. The van der Waals surface area contributed by atoms with Gasteiger partial charge < -0.3 is 14.4 Å². The number of amides is 1. The molecule has 6 nitrogen and oxygen atoms in total. The minimum atomic E-state index is 0. The highest BCUT2D eigenvalue weighted by Gasteiger charge is 2.23. The number of thiazole rings is 1. The number of benzene rings is 2. The molecule has 0 fully saturated rings. The summed E-state index contributed by atoms with van der Waals surface area (Å²) >= 11 is 8.92. The zero-order valence-corrected chi connectivity index (χ0v) is 22.4. The number of methoxy groups -OCH3 is 2. The van der Waals surface area contributed by atoms with Gasteiger partial charge in [0.15, 0.2) is 5.13 Å². The average molecular weight is 531 g/mol. The second-order valence-electron chi connectivity index (χ2n) is 6.96. The van der Waals surface area contributed by atoms with E-state index in [1.807, 2.05) is 36.4 Å². The molecule has 33 heavy (non-hydrogen) atoms. The third-order valence-corrected chi connectivity index (χ3v) is 7.48. The Morgan fingerprint density at radius 3 is 2.27 bits per heavy atom. The molecule has 0 saturated carbocycles. The van der Waals surface area contributed by atoms with Gasteiger partial charge in [-0.1, -0.05) is 36.8 Å². The lowest BCUT2D eigenvalue weighted by atomic mass is 10.3. The van der Waals surface area contributed by atoms with Crippen LogP contribution in [-0.2, 0) is 4.79 Å². The van der Waals surface area contributed by atoms with Crippen molar-refractivity contribution in [2.45, 2.75) is 18.7 Å². The average Bonchev–Trinajstić information content (AvgIpc) is 3.26. The van der Waals surface area contributed by atoms with Crippen LogP contribution >= 0.6 is 47.1 Å². The van der Waals surface area contributed by atoms with Gasteiger partial charge in [-0.3, -0.25) is 9.69 Å². The van der Waals surface area contributed by atoms with Gasteiger partial charge in [-0.05, 0) is 49.5 Å². The fourth-order valence-electron chi connectivity index (χ4n) is 3.25. The lowest BCUT2D eigenvalue weighted by molar-refractivity contribution is -0.116. The smallest absolute Gasteiger partial charge is 0.239 e. The maximum Gasteiger partial charge on any atom is 0.239 e. The van der Waals surface area contributed by atoms with Crippen molar-refractivity contribution in [2.24, 2.45) is 0 Å². The summed E-state index contributed by atoms with van der Waals surface area (Å²) in [4.78, 5) is 23.2. The van der Waals surface area contributed by atoms with Crippen LogP contribution in [0.3, 0.4) is 0 Å². The van der Waals surface area contributed by atoms with Gasteiger partial charge >= 0.3 is 0 Å². The van der Waals surface area contributed by atoms with Gasteiger partial charge in [0.1, 0.15) is 21.7 Å². The molecule has 10 heteroatoms. The molecule has 0 aliphatic heterocycles. The van der Waals surface area contributed by atoms with E-state index < -0.39 is 0 Å². The first kappa shape index (κ1) is 27.5. The van der Waals surface area contributed by atoms with Crippen molar-refractivity contribution in [2.75, 3.05) is 51.1 Å². The number of nitrogens with zero attached hydrogens (tertiary/aromatic N) is 3. The highest BCUT2D eigenvalue weighted by atomic mass is 35.5. The third-order valence-electron chi connectivity index (χ3n) is 5.14. The number of thioether (sulfide) groups is 1. The number of aromatic nitrogens is 1. The van der Waals surface area contributed by atoms with Crippen LogP contribution in [0.15, 0.2) is 41.3 Å². The standard InChI is InChI=1S/C23H28ClN3O3S2.ClH/c1-5-26(6-2)13-14-27(20(28)15-31-17-9-7-16(24)8-10-17)23-25-21-18(29-3)11-12-19(30-4)22(21)32-23;/h7-12H,5-6,13-15H2,1-4H3;1H. The van der Waals surface area contributed by atoms with Crippen molar-refractivity contribution in [3.63, 3.8) is 0 Å². The van der Waals surface area contributed by atoms with Crippen LogP contribution in [-0.4, -0.2) is 61.9 Å². The maximum absolute atomic E-state index is 13.3. The fourth-order valence-corrected chi connectivity index (χ4v) is 5.27. The minimum Gasteiger partial charge on any atom is -0.495 e. The zero-order valence-electron chi connectivity index (χ0n) is 19.2. The van der Waals surface area contributed by atoms with E-state index in [0.717, 1.165) is 35.0 Å². The van der Waals surface area contributed by atoms with E-state index in [2.05, 4.69) is 18.7 Å². The van der Waals surface area contributed by atoms with E-state index in [9.17, 15) is 4.79 Å². The quantitative estimate of drug-likeness (QED) is 0.290. The van der Waals surface area contributed by atoms with Crippen molar-refractivity contribution >= 4 is 68.4 Å². The second-order valence-corrected chi connectivity index (χ2v) is 9.42. The molecule has 0 radical (unpaired) electrons. The number of hydrogen-bond acceptors (Lipinski definition) is 7. The second kappa shape index (κ2) is 13.2. The molecular weight excluding hydrogens is 501 g/mol. The predicted molar refractivity (Wildman–Crippen MR) is 142 cm³/mol. The molecule has 0 aliphatic carbocycles. The number of likely N-dealkylation sites (N-methyl/N-ethyl adjacent to an activating group) is 1. The number of halogens is 2. The van der Waals surface area contributed by atoms with E-state index in [-0.39, 0.29) is 18.3 Å². The van der Waals surface area contributed by atoms with Gasteiger partial charge in [-0.25, -0.2) is 4.98 Å². The van der Waals surface area contributed by atoms with Crippen molar-refractivity contribution in [3.05, 3.63) is 41.4 Å². The van der Waals surface area contributed by atoms with Crippen molar-refractivity contribution < 1.29 is 14.3 Å². The number of rotatable bonds is 11. The van der Waals surface area contributed by atoms with Crippen molar-refractivity contribution in [1.82, 2.24) is 9.88 Å². The summed E-state index contributed by atoms with van der Waals surface area (Å²) in [5, 5.41) is 1.33. The zero-order chi connectivity index (χ0) is 23.1. The molecule has 1 aromatic heterocycles. The number of carbonyl (C=O) groups excluding carboxylic acids is 1. The van der Waals surface area contributed by atoms with E-state index in [4.69, 9.17) is 26.1 Å². The molecule has 180 valence electrons. The third kappa shape index (κ3) is 6.90. The topological polar surface area (TPSA) is 54.9 Å². The number of fused-ring (bicyclic) bond motifs is 1. The van der Waals surface area contributed by atoms with Gasteiger partial charge in [0.25, 0.3) is 0 Å². The Labute approximate surface area is 214 Å². The van der Waals surface area contributed by atoms with Crippen LogP contribution in [0.5, 0.6) is 11.5 Å². The van der Waals surface area contributed by atoms with E-state index in [1.165, 1.54) is 23.1 Å². The Bertz CT molecular complexity index is 1000. The SMILES string of the molecule is CCN(CC)CCN(C(=O)CSc1ccc(Cl)cc1)c1nc2c(OC)ccc(OC)c2s1.Cl. The number of anilines is 1. The molecule has 3 rings (SSSR count). The Hall–Kier alpha value is -1.71. The number of carbonyl (C=O) groups is 1. The van der Waals surface area contributed by atoms with E-state index in [1.54, 1.807) is 19.1 Å². The summed E-state index contributed by atoms with van der Waals surface area (Å²) in [6, 6.07) is 11.2. The van der Waals surface area contributed by atoms with Crippen molar-refractivity contribution in [3.8, 4) is 11.5 Å².